The lowest BCUT2D eigenvalue weighted by atomic mass is 10.1. The fourth-order valence-corrected chi connectivity index (χ4v) is 1.95. The minimum absolute atomic E-state index is 0.862. The van der Waals surface area contributed by atoms with Crippen molar-refractivity contribution in [2.75, 3.05) is 24.2 Å². The Kier molecular flexibility index (Phi) is 3.82. The molecule has 3 heteroatoms. The third kappa shape index (κ3) is 2.80. The van der Waals surface area contributed by atoms with Gasteiger partial charge in [-0.2, -0.15) is 0 Å². The molecule has 0 aliphatic carbocycles. The third-order valence-electron chi connectivity index (χ3n) is 3.14. The molecule has 0 spiro atoms. The SMILES string of the molecule is Cc1cccc(N(C)CCc2ccccn2)c1N. The zero-order valence-electron chi connectivity index (χ0n) is 10.9. The van der Waals surface area contributed by atoms with Gasteiger partial charge in [0.25, 0.3) is 0 Å². The maximum absolute atomic E-state index is 6.10. The predicted molar refractivity (Wildman–Crippen MR) is 76.8 cm³/mol. The molecule has 0 aliphatic heterocycles. The summed E-state index contributed by atoms with van der Waals surface area (Å²) in [7, 11) is 2.06. The predicted octanol–water partition coefficient (Wildman–Crippen LogP) is 2.65. The van der Waals surface area contributed by atoms with Gasteiger partial charge in [0.1, 0.15) is 0 Å². The molecule has 0 fully saturated rings. The Morgan fingerprint density at radius 1 is 1.17 bits per heavy atom. The molecule has 0 atom stereocenters. The van der Waals surface area contributed by atoms with Crippen LogP contribution in [0.2, 0.25) is 0 Å². The lowest BCUT2D eigenvalue weighted by molar-refractivity contribution is 0.853. The maximum atomic E-state index is 6.10. The highest BCUT2D eigenvalue weighted by Gasteiger charge is 2.06. The smallest absolute Gasteiger partial charge is 0.0600 e. The molecular weight excluding hydrogens is 222 g/mol. The van der Waals surface area contributed by atoms with Crippen LogP contribution in [0.5, 0.6) is 0 Å². The number of pyridine rings is 1. The van der Waals surface area contributed by atoms with Gasteiger partial charge in [-0.15, -0.1) is 0 Å². The van der Waals surface area contributed by atoms with E-state index in [0.29, 0.717) is 0 Å². The van der Waals surface area contributed by atoms with Crippen molar-refractivity contribution in [3.63, 3.8) is 0 Å². The van der Waals surface area contributed by atoms with Gasteiger partial charge in [0.15, 0.2) is 0 Å². The fourth-order valence-electron chi connectivity index (χ4n) is 1.95. The van der Waals surface area contributed by atoms with E-state index in [-0.39, 0.29) is 0 Å². The van der Waals surface area contributed by atoms with Gasteiger partial charge >= 0.3 is 0 Å². The Morgan fingerprint density at radius 2 is 2.00 bits per heavy atom. The number of rotatable bonds is 4. The molecule has 1 aromatic carbocycles. The van der Waals surface area contributed by atoms with Crippen molar-refractivity contribution in [1.29, 1.82) is 0 Å². The van der Waals surface area contributed by atoms with Crippen LogP contribution in [0.4, 0.5) is 11.4 Å². The van der Waals surface area contributed by atoms with Crippen LogP contribution in [0.25, 0.3) is 0 Å². The minimum atomic E-state index is 0.862. The highest BCUT2D eigenvalue weighted by molar-refractivity contribution is 5.70. The summed E-state index contributed by atoms with van der Waals surface area (Å²) in [5, 5.41) is 0. The molecule has 0 amide bonds. The first-order valence-corrected chi connectivity index (χ1v) is 6.14. The summed E-state index contributed by atoms with van der Waals surface area (Å²) in [6, 6.07) is 12.1. The second kappa shape index (κ2) is 5.54. The Balaban J connectivity index is 2.04. The summed E-state index contributed by atoms with van der Waals surface area (Å²) in [6.07, 6.45) is 2.75. The van der Waals surface area contributed by atoms with E-state index in [1.54, 1.807) is 0 Å². The number of likely N-dealkylation sites (N-methyl/N-ethyl adjacent to an activating group) is 1. The summed E-state index contributed by atoms with van der Waals surface area (Å²) in [4.78, 5) is 6.50. The van der Waals surface area contributed by atoms with Gasteiger partial charge in [-0.3, -0.25) is 4.98 Å². The van der Waals surface area contributed by atoms with Crippen LogP contribution in [0, 0.1) is 6.92 Å². The number of aryl methyl sites for hydroxylation is 1. The lowest BCUT2D eigenvalue weighted by Gasteiger charge is -2.21. The van der Waals surface area contributed by atoms with Crippen LogP contribution >= 0.6 is 0 Å². The van der Waals surface area contributed by atoms with Gasteiger partial charge in [0.05, 0.1) is 11.4 Å². The number of para-hydroxylation sites is 1. The molecular formula is C15H19N3. The monoisotopic (exact) mass is 241 g/mol. The Labute approximate surface area is 108 Å². The number of benzene rings is 1. The van der Waals surface area contributed by atoms with Gasteiger partial charge in [0, 0.05) is 31.9 Å². The highest BCUT2D eigenvalue weighted by atomic mass is 15.1. The molecule has 0 radical (unpaired) electrons. The van der Waals surface area contributed by atoms with Crippen molar-refractivity contribution in [2.24, 2.45) is 0 Å². The highest BCUT2D eigenvalue weighted by Crippen LogP contribution is 2.25. The van der Waals surface area contributed by atoms with Crippen molar-refractivity contribution in [2.45, 2.75) is 13.3 Å². The van der Waals surface area contributed by atoms with Crippen molar-refractivity contribution in [3.05, 3.63) is 53.9 Å². The molecule has 0 saturated heterocycles. The zero-order chi connectivity index (χ0) is 13.0. The van der Waals surface area contributed by atoms with E-state index in [4.69, 9.17) is 5.73 Å². The van der Waals surface area contributed by atoms with E-state index >= 15 is 0 Å². The Hall–Kier alpha value is -2.03. The molecule has 1 aromatic heterocycles. The summed E-state index contributed by atoms with van der Waals surface area (Å²) in [5.41, 5.74) is 10.3. The van der Waals surface area contributed by atoms with Crippen LogP contribution in [-0.4, -0.2) is 18.6 Å². The number of hydrogen-bond donors (Lipinski definition) is 1. The molecule has 94 valence electrons. The normalized spacial score (nSPS) is 10.3. The van der Waals surface area contributed by atoms with Gasteiger partial charge in [-0.25, -0.2) is 0 Å². The molecule has 2 aromatic rings. The van der Waals surface area contributed by atoms with Crippen molar-refractivity contribution < 1.29 is 0 Å². The van der Waals surface area contributed by atoms with Crippen molar-refractivity contribution in [3.8, 4) is 0 Å². The second-order valence-electron chi connectivity index (χ2n) is 4.50. The first kappa shape index (κ1) is 12.4. The summed E-state index contributed by atoms with van der Waals surface area (Å²) in [5.74, 6) is 0. The topological polar surface area (TPSA) is 42.2 Å². The van der Waals surface area contributed by atoms with E-state index in [1.807, 2.05) is 43.5 Å². The van der Waals surface area contributed by atoms with Gasteiger partial charge in [-0.05, 0) is 30.7 Å². The Bertz CT molecular complexity index is 508. The number of nitrogen functional groups attached to an aromatic ring is 1. The second-order valence-corrected chi connectivity index (χ2v) is 4.50. The maximum Gasteiger partial charge on any atom is 0.0600 e. The van der Waals surface area contributed by atoms with Gasteiger partial charge in [-0.1, -0.05) is 18.2 Å². The van der Waals surface area contributed by atoms with E-state index in [0.717, 1.165) is 35.6 Å². The molecule has 2 rings (SSSR count). The van der Waals surface area contributed by atoms with E-state index < -0.39 is 0 Å². The van der Waals surface area contributed by atoms with Gasteiger partial charge in [0.2, 0.25) is 0 Å². The van der Waals surface area contributed by atoms with E-state index in [1.165, 1.54) is 0 Å². The molecule has 18 heavy (non-hydrogen) atoms. The molecule has 3 nitrogen and oxygen atoms in total. The molecule has 2 N–H and O–H groups in total. The van der Waals surface area contributed by atoms with Crippen LogP contribution in [0.15, 0.2) is 42.6 Å². The van der Waals surface area contributed by atoms with E-state index in [9.17, 15) is 0 Å². The third-order valence-corrected chi connectivity index (χ3v) is 3.14. The first-order valence-electron chi connectivity index (χ1n) is 6.14. The van der Waals surface area contributed by atoms with Crippen LogP contribution in [-0.2, 0) is 6.42 Å². The van der Waals surface area contributed by atoms with Crippen LogP contribution in [0.1, 0.15) is 11.3 Å². The first-order chi connectivity index (χ1) is 8.68. The zero-order valence-corrected chi connectivity index (χ0v) is 10.9. The molecule has 0 aliphatic rings. The standard InChI is InChI=1S/C15H19N3/c1-12-6-5-8-14(15(12)16)18(2)11-9-13-7-3-4-10-17-13/h3-8,10H,9,11,16H2,1-2H3. The number of nitrogens with zero attached hydrogens (tertiary/aromatic N) is 2. The largest absolute Gasteiger partial charge is 0.397 e. The van der Waals surface area contributed by atoms with Gasteiger partial charge < -0.3 is 10.6 Å². The fraction of sp³-hybridized carbons (Fsp3) is 0.267. The average molecular weight is 241 g/mol. The van der Waals surface area contributed by atoms with Crippen LogP contribution in [0.3, 0.4) is 0 Å². The lowest BCUT2D eigenvalue weighted by Crippen LogP contribution is -2.22. The Morgan fingerprint density at radius 3 is 2.72 bits per heavy atom. The summed E-state index contributed by atoms with van der Waals surface area (Å²) < 4.78 is 0. The minimum Gasteiger partial charge on any atom is -0.397 e. The summed E-state index contributed by atoms with van der Waals surface area (Å²) >= 11 is 0. The molecule has 0 unspecified atom stereocenters. The quantitative estimate of drug-likeness (QED) is 0.837. The van der Waals surface area contributed by atoms with Crippen molar-refractivity contribution in [1.82, 2.24) is 4.98 Å². The number of aromatic nitrogens is 1. The number of hydrogen-bond acceptors (Lipinski definition) is 3. The van der Waals surface area contributed by atoms with Crippen molar-refractivity contribution >= 4 is 11.4 Å². The van der Waals surface area contributed by atoms with E-state index in [2.05, 4.69) is 23.0 Å². The molecule has 1 heterocycles. The summed E-state index contributed by atoms with van der Waals surface area (Å²) in [6.45, 7) is 2.94. The molecule has 0 saturated carbocycles. The molecule has 0 bridgehead atoms. The number of anilines is 2. The average Bonchev–Trinajstić information content (AvgIpc) is 2.40. The number of nitrogens with two attached hydrogens (primary N) is 1. The van der Waals surface area contributed by atoms with Crippen LogP contribution < -0.4 is 10.6 Å².